The van der Waals surface area contributed by atoms with Crippen molar-refractivity contribution >= 4 is 17.3 Å². The van der Waals surface area contributed by atoms with Crippen molar-refractivity contribution in [2.45, 2.75) is 72.3 Å². The monoisotopic (exact) mass is 539 g/mol. The molecule has 0 aliphatic rings. The van der Waals surface area contributed by atoms with Gasteiger partial charge in [0.15, 0.2) is 5.78 Å². The maximum Gasteiger partial charge on any atom is 0.305 e. The van der Waals surface area contributed by atoms with Crippen LogP contribution in [0.4, 0.5) is 0 Å². The molecule has 0 bridgehead atoms. The maximum absolute atomic E-state index is 13.6. The van der Waals surface area contributed by atoms with Gasteiger partial charge < -0.3 is 13.9 Å². The molecule has 2 aromatic carbocycles. The van der Waals surface area contributed by atoms with Gasteiger partial charge in [-0.05, 0) is 92.1 Å². The second kappa shape index (κ2) is 14.0. The molecule has 4 rings (SSSR count). The van der Waals surface area contributed by atoms with Crippen molar-refractivity contribution in [1.29, 1.82) is 0 Å². The molecule has 40 heavy (non-hydrogen) atoms. The van der Waals surface area contributed by atoms with Crippen molar-refractivity contribution in [1.82, 2.24) is 4.40 Å². The molecule has 0 saturated carbocycles. The molecule has 1 unspecified atom stereocenters. The minimum Gasteiger partial charge on any atom is -0.486 e. The van der Waals surface area contributed by atoms with Gasteiger partial charge in [-0.15, -0.1) is 0 Å². The molecule has 4 aromatic rings. The van der Waals surface area contributed by atoms with E-state index in [2.05, 4.69) is 45.0 Å². The first-order valence-electron chi connectivity index (χ1n) is 14.5. The van der Waals surface area contributed by atoms with Crippen LogP contribution in [0.2, 0.25) is 0 Å². The second-order valence-electron chi connectivity index (χ2n) is 10.8. The number of benzene rings is 2. The number of carbonyl (C=O) groups excluding carboxylic acids is 2. The number of hydrogen-bond donors (Lipinski definition) is 0. The Morgan fingerprint density at radius 2 is 1.68 bits per heavy atom. The van der Waals surface area contributed by atoms with Gasteiger partial charge in [0, 0.05) is 29.4 Å². The average Bonchev–Trinajstić information content (AvgIpc) is 3.32. The van der Waals surface area contributed by atoms with Crippen LogP contribution in [-0.4, -0.2) is 22.8 Å². The highest BCUT2D eigenvalue weighted by Gasteiger charge is 2.18. The Balaban J connectivity index is 1.48. The first-order chi connectivity index (χ1) is 19.4. The quantitative estimate of drug-likeness (QED) is 0.120. The minimum absolute atomic E-state index is 0.0299. The molecule has 0 amide bonds. The lowest BCUT2D eigenvalue weighted by Crippen LogP contribution is -2.08. The first kappa shape index (κ1) is 29.1. The number of rotatable bonds is 14. The lowest BCUT2D eigenvalue weighted by Gasteiger charge is -2.20. The maximum atomic E-state index is 13.6. The Bertz CT molecular complexity index is 1400. The van der Waals surface area contributed by atoms with Crippen LogP contribution in [0.15, 0.2) is 79.0 Å². The second-order valence-corrected chi connectivity index (χ2v) is 10.8. The molecule has 0 aliphatic heterocycles. The van der Waals surface area contributed by atoms with Gasteiger partial charge in [0.2, 0.25) is 0 Å². The highest BCUT2D eigenvalue weighted by atomic mass is 16.5. The zero-order valence-corrected chi connectivity index (χ0v) is 24.2. The average molecular weight is 540 g/mol. The zero-order chi connectivity index (χ0) is 28.5. The number of ether oxygens (including phenoxy) is 2. The van der Waals surface area contributed by atoms with Crippen LogP contribution in [0.5, 0.6) is 5.75 Å². The van der Waals surface area contributed by atoms with Gasteiger partial charge in [-0.2, -0.15) is 0 Å². The standard InChI is InChI=1S/C35H41NO4/c1-5-10-33(27-16-14-26(15-17-27)23-25(3)4)40-30-20-18-28(19-21-30)35(38)31-24-29(11-9-13-34(37)39-6-2)36-22-8-7-12-32(31)36/h7-8,12,14-22,24-25,33H,5-6,9-11,13,23H2,1-4H3. The third kappa shape index (κ3) is 7.41. The summed E-state index contributed by atoms with van der Waals surface area (Å²) in [5.74, 6) is 1.16. The number of aryl methyl sites for hydroxylation is 1. The van der Waals surface area contributed by atoms with Crippen molar-refractivity contribution in [2.75, 3.05) is 6.61 Å². The molecular weight excluding hydrogens is 498 g/mol. The van der Waals surface area contributed by atoms with E-state index >= 15 is 0 Å². The van der Waals surface area contributed by atoms with Crippen molar-refractivity contribution in [3.8, 4) is 5.75 Å². The topological polar surface area (TPSA) is 57.0 Å². The third-order valence-corrected chi connectivity index (χ3v) is 7.06. The lowest BCUT2D eigenvalue weighted by atomic mass is 9.99. The predicted octanol–water partition coefficient (Wildman–Crippen LogP) is 8.17. The van der Waals surface area contributed by atoms with E-state index in [1.54, 1.807) is 0 Å². The van der Waals surface area contributed by atoms with Gasteiger partial charge in [-0.1, -0.05) is 57.5 Å². The molecule has 0 saturated heterocycles. The van der Waals surface area contributed by atoms with Crippen molar-refractivity contribution < 1.29 is 19.1 Å². The summed E-state index contributed by atoms with van der Waals surface area (Å²) in [7, 11) is 0. The molecule has 0 N–H and O–H groups in total. The summed E-state index contributed by atoms with van der Waals surface area (Å²) in [6.07, 6.45) is 6.64. The van der Waals surface area contributed by atoms with E-state index in [0.29, 0.717) is 42.9 Å². The van der Waals surface area contributed by atoms with Gasteiger partial charge >= 0.3 is 5.97 Å². The van der Waals surface area contributed by atoms with Gasteiger partial charge in [0.1, 0.15) is 11.9 Å². The van der Waals surface area contributed by atoms with Crippen LogP contribution in [0.3, 0.4) is 0 Å². The van der Waals surface area contributed by atoms with E-state index in [-0.39, 0.29) is 17.9 Å². The van der Waals surface area contributed by atoms with Crippen molar-refractivity contribution in [3.05, 3.63) is 107 Å². The van der Waals surface area contributed by atoms with Crippen molar-refractivity contribution in [2.24, 2.45) is 5.92 Å². The Labute approximate surface area is 238 Å². The molecule has 2 aromatic heterocycles. The fourth-order valence-electron chi connectivity index (χ4n) is 5.14. The zero-order valence-electron chi connectivity index (χ0n) is 24.2. The van der Waals surface area contributed by atoms with Crippen LogP contribution in [-0.2, 0) is 22.4 Å². The van der Waals surface area contributed by atoms with Crippen LogP contribution in [0, 0.1) is 5.92 Å². The smallest absolute Gasteiger partial charge is 0.305 e. The summed E-state index contributed by atoms with van der Waals surface area (Å²) in [5, 5.41) is 0. The lowest BCUT2D eigenvalue weighted by molar-refractivity contribution is -0.143. The summed E-state index contributed by atoms with van der Waals surface area (Å²) in [4.78, 5) is 25.3. The Morgan fingerprint density at radius 3 is 2.35 bits per heavy atom. The van der Waals surface area contributed by atoms with Gasteiger partial charge in [-0.3, -0.25) is 9.59 Å². The van der Waals surface area contributed by atoms with E-state index in [4.69, 9.17) is 9.47 Å². The van der Waals surface area contributed by atoms with Crippen LogP contribution in [0.1, 0.15) is 92.2 Å². The molecule has 2 heterocycles. The number of pyridine rings is 1. The fourth-order valence-corrected chi connectivity index (χ4v) is 5.14. The number of esters is 1. The summed E-state index contributed by atoms with van der Waals surface area (Å²) in [5.41, 5.74) is 5.66. The molecule has 0 fully saturated rings. The molecule has 0 spiro atoms. The van der Waals surface area contributed by atoms with E-state index in [1.165, 1.54) is 11.1 Å². The number of ketones is 1. The molecule has 0 aliphatic carbocycles. The van der Waals surface area contributed by atoms with E-state index in [9.17, 15) is 9.59 Å². The van der Waals surface area contributed by atoms with Gasteiger partial charge in [0.05, 0.1) is 12.1 Å². The summed E-state index contributed by atoms with van der Waals surface area (Å²) in [6, 6.07) is 24.0. The third-order valence-electron chi connectivity index (χ3n) is 7.06. The number of hydrogen-bond acceptors (Lipinski definition) is 4. The Hall–Kier alpha value is -3.86. The summed E-state index contributed by atoms with van der Waals surface area (Å²) < 4.78 is 13.5. The number of aromatic nitrogens is 1. The van der Waals surface area contributed by atoms with Gasteiger partial charge in [-0.25, -0.2) is 0 Å². The molecule has 210 valence electrons. The Kier molecular flexibility index (Phi) is 10.2. The molecule has 0 radical (unpaired) electrons. The molecule has 1 atom stereocenters. The predicted molar refractivity (Wildman–Crippen MR) is 160 cm³/mol. The fraction of sp³-hybridized carbons (Fsp3) is 0.371. The summed E-state index contributed by atoms with van der Waals surface area (Å²) >= 11 is 0. The molecular formula is C35H41NO4. The number of carbonyl (C=O) groups is 2. The van der Waals surface area contributed by atoms with Crippen LogP contribution < -0.4 is 4.74 Å². The highest BCUT2D eigenvalue weighted by Crippen LogP contribution is 2.28. The molecule has 5 heteroatoms. The Morgan fingerprint density at radius 1 is 0.925 bits per heavy atom. The van der Waals surface area contributed by atoms with Crippen LogP contribution >= 0.6 is 0 Å². The van der Waals surface area contributed by atoms with E-state index in [1.807, 2.05) is 66.1 Å². The SMILES string of the molecule is CCCC(Oc1ccc(C(=O)c2cc(CCCC(=O)OCC)n3ccccc23)cc1)c1ccc(CC(C)C)cc1. The highest BCUT2D eigenvalue weighted by molar-refractivity contribution is 6.13. The molecule has 5 nitrogen and oxygen atoms in total. The van der Waals surface area contributed by atoms with E-state index < -0.39 is 0 Å². The first-order valence-corrected chi connectivity index (χ1v) is 14.5. The van der Waals surface area contributed by atoms with Gasteiger partial charge in [0.25, 0.3) is 0 Å². The van der Waals surface area contributed by atoms with Crippen LogP contribution in [0.25, 0.3) is 5.52 Å². The minimum atomic E-state index is -0.189. The summed E-state index contributed by atoms with van der Waals surface area (Å²) in [6.45, 7) is 8.83. The normalized spacial score (nSPS) is 12.0. The number of fused-ring (bicyclic) bond motifs is 1. The number of nitrogens with zero attached hydrogens (tertiary/aromatic N) is 1. The van der Waals surface area contributed by atoms with Crippen molar-refractivity contribution in [3.63, 3.8) is 0 Å². The largest absolute Gasteiger partial charge is 0.486 e. The van der Waals surface area contributed by atoms with E-state index in [0.717, 1.165) is 36.2 Å².